The molecule has 178 valence electrons. The first-order valence-electron chi connectivity index (χ1n) is 12.4. The van der Waals surface area contributed by atoms with Gasteiger partial charge in [0.05, 0.1) is 19.2 Å². The van der Waals surface area contributed by atoms with Crippen LogP contribution in [0.15, 0.2) is 48.5 Å². The lowest BCUT2D eigenvalue weighted by molar-refractivity contribution is -0.127. The van der Waals surface area contributed by atoms with E-state index in [-0.39, 0.29) is 17.9 Å². The van der Waals surface area contributed by atoms with Gasteiger partial charge in [-0.05, 0) is 62.1 Å². The first-order valence-corrected chi connectivity index (χ1v) is 12.4. The van der Waals surface area contributed by atoms with Gasteiger partial charge in [0.25, 0.3) is 5.91 Å². The molecule has 34 heavy (non-hydrogen) atoms. The molecule has 1 aromatic heterocycles. The average molecular weight is 460 g/mol. The highest BCUT2D eigenvalue weighted by atomic mass is 16.5. The quantitative estimate of drug-likeness (QED) is 0.579. The van der Waals surface area contributed by atoms with E-state index in [1.165, 1.54) is 6.42 Å². The van der Waals surface area contributed by atoms with Crippen molar-refractivity contribution in [3.63, 3.8) is 0 Å². The van der Waals surface area contributed by atoms with E-state index in [1.807, 2.05) is 54.0 Å². The van der Waals surface area contributed by atoms with E-state index in [4.69, 9.17) is 4.74 Å². The Balaban J connectivity index is 1.63. The zero-order valence-corrected chi connectivity index (χ0v) is 20.3. The first kappa shape index (κ1) is 22.5. The van der Waals surface area contributed by atoms with Crippen molar-refractivity contribution in [3.05, 3.63) is 59.8 Å². The van der Waals surface area contributed by atoms with Gasteiger partial charge in [-0.15, -0.1) is 0 Å². The smallest absolute Gasteiger partial charge is 0.275 e. The largest absolute Gasteiger partial charge is 0.497 e. The minimum absolute atomic E-state index is 0.0925. The van der Waals surface area contributed by atoms with E-state index in [9.17, 15) is 9.59 Å². The number of nitrogens with one attached hydrogen (secondary N) is 1. The van der Waals surface area contributed by atoms with E-state index in [2.05, 4.69) is 18.3 Å². The number of amides is 2. The normalized spacial score (nSPS) is 20.9. The number of hydrogen-bond acceptors (Lipinski definition) is 3. The van der Waals surface area contributed by atoms with Gasteiger partial charge in [-0.25, -0.2) is 0 Å². The lowest BCUT2D eigenvalue weighted by Crippen LogP contribution is -2.65. The molecule has 1 aliphatic carbocycles. The predicted molar refractivity (Wildman–Crippen MR) is 135 cm³/mol. The number of ether oxygens (including phenoxy) is 1. The standard InChI is InChI=1S/C28H33N3O3/c1-4-19-9-8-12-22(15-19)31-26(32)25-16-20-13-14-23(34-3)17-24(20)30(25)18-28(31,2)27(33)29-21-10-6-5-7-11-21/h8-9,12-17,21H,4-7,10-11,18H2,1-3H3,(H,29,33). The van der Waals surface area contributed by atoms with Crippen LogP contribution in [0.4, 0.5) is 5.69 Å². The molecule has 1 aliphatic heterocycles. The summed E-state index contributed by atoms with van der Waals surface area (Å²) < 4.78 is 7.42. The molecule has 1 N–H and O–H groups in total. The molecule has 6 heteroatoms. The van der Waals surface area contributed by atoms with E-state index >= 15 is 0 Å². The Morgan fingerprint density at radius 3 is 2.65 bits per heavy atom. The van der Waals surface area contributed by atoms with Gasteiger partial charge in [0.1, 0.15) is 17.0 Å². The van der Waals surface area contributed by atoms with E-state index in [1.54, 1.807) is 12.0 Å². The average Bonchev–Trinajstić information content (AvgIpc) is 3.22. The molecule has 0 radical (unpaired) electrons. The summed E-state index contributed by atoms with van der Waals surface area (Å²) in [6.45, 7) is 4.37. The molecule has 5 rings (SSSR count). The Kier molecular flexibility index (Phi) is 5.84. The van der Waals surface area contributed by atoms with Crippen molar-refractivity contribution in [2.45, 2.75) is 70.5 Å². The summed E-state index contributed by atoms with van der Waals surface area (Å²) in [6.07, 6.45) is 6.34. The fraction of sp³-hybridized carbons (Fsp3) is 0.429. The maximum absolute atomic E-state index is 14.0. The minimum Gasteiger partial charge on any atom is -0.497 e. The van der Waals surface area contributed by atoms with Crippen molar-refractivity contribution in [2.24, 2.45) is 0 Å². The van der Waals surface area contributed by atoms with Crippen LogP contribution in [0.1, 0.15) is 62.0 Å². The number of nitrogens with zero attached hydrogens (tertiary/aromatic N) is 2. The van der Waals surface area contributed by atoms with Crippen LogP contribution < -0.4 is 15.0 Å². The van der Waals surface area contributed by atoms with Gasteiger partial charge >= 0.3 is 0 Å². The molecule has 1 saturated carbocycles. The van der Waals surface area contributed by atoms with Crippen LogP contribution in [-0.4, -0.2) is 35.1 Å². The SMILES string of the molecule is CCc1cccc(N2C(=O)c3cc4ccc(OC)cc4n3CC2(C)C(=O)NC2CCCCC2)c1. The van der Waals surface area contributed by atoms with E-state index in [0.717, 1.165) is 60.0 Å². The molecule has 0 bridgehead atoms. The Bertz CT molecular complexity index is 1240. The molecular formula is C28H33N3O3. The number of hydrogen-bond donors (Lipinski definition) is 1. The Morgan fingerprint density at radius 2 is 1.91 bits per heavy atom. The first-order chi connectivity index (χ1) is 16.4. The molecule has 2 aliphatic rings. The highest BCUT2D eigenvalue weighted by Crippen LogP contribution is 2.37. The molecule has 0 saturated heterocycles. The van der Waals surface area contributed by atoms with Crippen LogP contribution in [0.3, 0.4) is 0 Å². The van der Waals surface area contributed by atoms with Crippen molar-refractivity contribution in [2.75, 3.05) is 12.0 Å². The van der Waals surface area contributed by atoms with Gasteiger partial charge in [-0.3, -0.25) is 14.5 Å². The van der Waals surface area contributed by atoms with Crippen molar-refractivity contribution < 1.29 is 14.3 Å². The third kappa shape index (κ3) is 3.75. The molecule has 2 aromatic carbocycles. The van der Waals surface area contributed by atoms with Crippen LogP contribution in [-0.2, 0) is 17.8 Å². The molecule has 0 spiro atoms. The second-order valence-electron chi connectivity index (χ2n) is 9.79. The summed E-state index contributed by atoms with van der Waals surface area (Å²) in [4.78, 5) is 29.7. The van der Waals surface area contributed by atoms with Crippen molar-refractivity contribution >= 4 is 28.4 Å². The zero-order valence-electron chi connectivity index (χ0n) is 20.3. The molecule has 3 aromatic rings. The monoisotopic (exact) mass is 459 g/mol. The molecular weight excluding hydrogens is 426 g/mol. The lowest BCUT2D eigenvalue weighted by Gasteiger charge is -2.45. The van der Waals surface area contributed by atoms with Crippen molar-refractivity contribution in [1.82, 2.24) is 9.88 Å². The van der Waals surface area contributed by atoms with Crippen molar-refractivity contribution in [3.8, 4) is 5.75 Å². The number of aryl methyl sites for hydroxylation is 1. The van der Waals surface area contributed by atoms with Crippen LogP contribution >= 0.6 is 0 Å². The zero-order chi connectivity index (χ0) is 23.9. The number of aromatic nitrogens is 1. The van der Waals surface area contributed by atoms with Crippen LogP contribution in [0.5, 0.6) is 5.75 Å². The predicted octanol–water partition coefficient (Wildman–Crippen LogP) is 5.08. The highest BCUT2D eigenvalue weighted by Gasteiger charge is 2.49. The Hall–Kier alpha value is -3.28. The number of anilines is 1. The minimum atomic E-state index is -1.07. The molecule has 1 unspecified atom stereocenters. The van der Waals surface area contributed by atoms with Gasteiger partial charge < -0.3 is 14.6 Å². The second kappa shape index (κ2) is 8.82. The summed E-state index contributed by atoms with van der Waals surface area (Å²) in [5, 5.41) is 4.26. The molecule has 2 heterocycles. The summed E-state index contributed by atoms with van der Waals surface area (Å²) in [7, 11) is 1.64. The molecule has 1 fully saturated rings. The van der Waals surface area contributed by atoms with E-state index in [0.29, 0.717) is 12.2 Å². The Morgan fingerprint density at radius 1 is 1.12 bits per heavy atom. The number of carbonyl (C=O) groups is 2. The maximum Gasteiger partial charge on any atom is 0.275 e. The number of fused-ring (bicyclic) bond motifs is 3. The molecule has 1 atom stereocenters. The fourth-order valence-electron chi connectivity index (χ4n) is 5.50. The summed E-state index contributed by atoms with van der Waals surface area (Å²) in [5.74, 6) is 0.480. The van der Waals surface area contributed by atoms with Gasteiger partial charge in [0, 0.05) is 23.2 Å². The molecule has 2 amide bonds. The van der Waals surface area contributed by atoms with Crippen LogP contribution in [0.25, 0.3) is 10.9 Å². The van der Waals surface area contributed by atoms with Gasteiger partial charge in [-0.2, -0.15) is 0 Å². The number of carbonyl (C=O) groups excluding carboxylic acids is 2. The lowest BCUT2D eigenvalue weighted by atomic mass is 9.90. The maximum atomic E-state index is 14.0. The van der Waals surface area contributed by atoms with E-state index < -0.39 is 5.54 Å². The van der Waals surface area contributed by atoms with Gasteiger partial charge in [0.15, 0.2) is 0 Å². The second-order valence-corrected chi connectivity index (χ2v) is 9.79. The molecule has 6 nitrogen and oxygen atoms in total. The summed E-state index contributed by atoms with van der Waals surface area (Å²) in [6, 6.07) is 15.9. The summed E-state index contributed by atoms with van der Waals surface area (Å²) >= 11 is 0. The summed E-state index contributed by atoms with van der Waals surface area (Å²) in [5.41, 5.74) is 2.33. The van der Waals surface area contributed by atoms with Gasteiger partial charge in [-0.1, -0.05) is 38.3 Å². The number of rotatable bonds is 5. The van der Waals surface area contributed by atoms with Crippen LogP contribution in [0, 0.1) is 0 Å². The van der Waals surface area contributed by atoms with Crippen LogP contribution in [0.2, 0.25) is 0 Å². The Labute approximate surface area is 200 Å². The van der Waals surface area contributed by atoms with Gasteiger partial charge in [0.2, 0.25) is 5.91 Å². The third-order valence-electron chi connectivity index (χ3n) is 7.50. The highest BCUT2D eigenvalue weighted by molar-refractivity contribution is 6.14. The number of benzene rings is 2. The van der Waals surface area contributed by atoms with Crippen molar-refractivity contribution in [1.29, 1.82) is 0 Å². The fourth-order valence-corrected chi connectivity index (χ4v) is 5.50. The topological polar surface area (TPSA) is 63.6 Å². The third-order valence-corrected chi connectivity index (χ3v) is 7.50. The number of methoxy groups -OCH3 is 1.